The van der Waals surface area contributed by atoms with Crippen LogP contribution >= 0.6 is 11.3 Å². The highest BCUT2D eigenvalue weighted by Gasteiger charge is 2.43. The van der Waals surface area contributed by atoms with E-state index in [1.54, 1.807) is 17.5 Å². The third-order valence-corrected chi connectivity index (χ3v) is 3.16. The zero-order valence-corrected chi connectivity index (χ0v) is 9.45. The number of hydrogen-bond acceptors (Lipinski definition) is 4. The summed E-state index contributed by atoms with van der Waals surface area (Å²) in [5, 5.41) is 13.8. The quantitative estimate of drug-likeness (QED) is 0.786. The fraction of sp³-hybridized carbons (Fsp3) is 0.500. The maximum Gasteiger partial charge on any atom is 0.340 e. The maximum absolute atomic E-state index is 11.2. The lowest BCUT2D eigenvalue weighted by Gasteiger charge is -2.21. The second kappa shape index (κ2) is 4.53. The smallest absolute Gasteiger partial charge is 0.340 e. The Kier molecular flexibility index (Phi) is 3.57. The number of carbonyl (C=O) groups is 1. The Morgan fingerprint density at radius 1 is 1.67 bits per heavy atom. The van der Waals surface area contributed by atoms with Crippen molar-refractivity contribution >= 4 is 17.3 Å². The minimum absolute atomic E-state index is 0.0981. The van der Waals surface area contributed by atoms with E-state index >= 15 is 0 Å². The van der Waals surface area contributed by atoms with Crippen molar-refractivity contribution in [1.29, 1.82) is 0 Å². The van der Waals surface area contributed by atoms with Crippen molar-refractivity contribution in [2.45, 2.75) is 25.8 Å². The summed E-state index contributed by atoms with van der Waals surface area (Å²) in [7, 11) is 0. The molecule has 0 aliphatic rings. The van der Waals surface area contributed by atoms with Crippen molar-refractivity contribution in [3.8, 4) is 0 Å². The molecule has 4 nitrogen and oxygen atoms in total. The van der Waals surface area contributed by atoms with Crippen molar-refractivity contribution in [3.63, 3.8) is 0 Å². The lowest BCUT2D eigenvalue weighted by Crippen LogP contribution is -2.34. The molecule has 0 aliphatic carbocycles. The molecule has 0 amide bonds. The fourth-order valence-corrected chi connectivity index (χ4v) is 2.38. The molecular weight excluding hydrogens is 214 g/mol. The first kappa shape index (κ1) is 11.8. The Labute approximate surface area is 91.9 Å². The molecule has 0 fully saturated rings. The van der Waals surface area contributed by atoms with Crippen molar-refractivity contribution in [1.82, 2.24) is 0 Å². The van der Waals surface area contributed by atoms with E-state index in [0.29, 0.717) is 4.88 Å². The van der Waals surface area contributed by atoms with Gasteiger partial charge in [0.2, 0.25) is 5.54 Å². The van der Waals surface area contributed by atoms with Crippen LogP contribution in [-0.4, -0.2) is 11.1 Å². The van der Waals surface area contributed by atoms with Gasteiger partial charge >= 0.3 is 5.97 Å². The minimum atomic E-state index is -1.61. The number of rotatable bonds is 5. The molecule has 1 atom stereocenters. The normalized spacial score (nSPS) is 14.9. The largest absolute Gasteiger partial charge is 0.479 e. The maximum atomic E-state index is 11.2. The first-order chi connectivity index (χ1) is 7.03. The average Bonchev–Trinajstić information content (AvgIpc) is 2.66. The van der Waals surface area contributed by atoms with Gasteiger partial charge in [0.05, 0.1) is 0 Å². The van der Waals surface area contributed by atoms with Gasteiger partial charge in [-0.15, -0.1) is 16.2 Å². The van der Waals surface area contributed by atoms with Crippen molar-refractivity contribution in [2.24, 2.45) is 11.1 Å². The lowest BCUT2D eigenvalue weighted by molar-refractivity contribution is -0.144. The SMILES string of the molecule is CC(C)C[C@](N=O)(C(=O)O)c1cccs1. The van der Waals surface area contributed by atoms with Crippen LogP contribution < -0.4 is 0 Å². The second-order valence-corrected chi connectivity index (χ2v) is 4.78. The molecule has 0 radical (unpaired) electrons. The minimum Gasteiger partial charge on any atom is -0.479 e. The molecule has 1 aromatic heterocycles. The van der Waals surface area contributed by atoms with E-state index in [-0.39, 0.29) is 12.3 Å². The van der Waals surface area contributed by atoms with E-state index < -0.39 is 11.5 Å². The first-order valence-electron chi connectivity index (χ1n) is 4.65. The van der Waals surface area contributed by atoms with Gasteiger partial charge in [-0.25, -0.2) is 4.79 Å². The molecule has 0 unspecified atom stereocenters. The first-order valence-corrected chi connectivity index (χ1v) is 5.53. The molecular formula is C10H13NO3S. The van der Waals surface area contributed by atoms with Gasteiger partial charge in [0.15, 0.2) is 0 Å². The number of carboxylic acids is 1. The third kappa shape index (κ3) is 2.23. The topological polar surface area (TPSA) is 66.7 Å². The molecule has 82 valence electrons. The van der Waals surface area contributed by atoms with Crippen molar-refractivity contribution < 1.29 is 9.90 Å². The highest BCUT2D eigenvalue weighted by Crippen LogP contribution is 2.35. The Hall–Kier alpha value is -1.23. The molecule has 15 heavy (non-hydrogen) atoms. The monoisotopic (exact) mass is 227 g/mol. The van der Waals surface area contributed by atoms with E-state index in [1.165, 1.54) is 11.3 Å². The van der Waals surface area contributed by atoms with Gasteiger partial charge in [-0.05, 0) is 29.0 Å². The van der Waals surface area contributed by atoms with Gasteiger partial charge < -0.3 is 5.11 Å². The molecule has 1 heterocycles. The third-order valence-electron chi connectivity index (χ3n) is 2.14. The molecule has 1 rings (SSSR count). The van der Waals surface area contributed by atoms with E-state index in [2.05, 4.69) is 5.18 Å². The predicted octanol–water partition coefficient (Wildman–Crippen LogP) is 2.84. The summed E-state index contributed by atoms with van der Waals surface area (Å²) in [5.74, 6) is -1.07. The Morgan fingerprint density at radius 3 is 2.67 bits per heavy atom. The van der Waals surface area contributed by atoms with E-state index in [1.807, 2.05) is 13.8 Å². The molecule has 0 aliphatic heterocycles. The molecule has 0 aromatic carbocycles. The summed E-state index contributed by atoms with van der Waals surface area (Å²) >= 11 is 1.25. The van der Waals surface area contributed by atoms with Crippen LogP contribution in [-0.2, 0) is 10.3 Å². The predicted molar refractivity (Wildman–Crippen MR) is 58.9 cm³/mol. The molecule has 0 bridgehead atoms. The lowest BCUT2D eigenvalue weighted by atomic mass is 9.88. The molecule has 0 saturated carbocycles. The number of nitroso groups, excluding NO2 is 1. The van der Waals surface area contributed by atoms with Crippen LogP contribution in [0.25, 0.3) is 0 Å². The second-order valence-electron chi connectivity index (χ2n) is 3.83. The van der Waals surface area contributed by atoms with Gasteiger partial charge in [0.1, 0.15) is 0 Å². The van der Waals surface area contributed by atoms with Crippen LogP contribution in [0.5, 0.6) is 0 Å². The van der Waals surface area contributed by atoms with Crippen LogP contribution in [0.1, 0.15) is 25.1 Å². The molecule has 0 spiro atoms. The standard InChI is InChI=1S/C10H13NO3S/c1-7(2)6-10(11-14,9(12)13)8-4-3-5-15-8/h3-5,7H,6H2,1-2H3,(H,12,13)/t10-/m1/s1. The highest BCUT2D eigenvalue weighted by atomic mass is 32.1. The number of carboxylic acid groups (broad SMARTS) is 1. The molecule has 1 aromatic rings. The van der Waals surface area contributed by atoms with Crippen LogP contribution in [0.4, 0.5) is 0 Å². The van der Waals surface area contributed by atoms with Gasteiger partial charge in [-0.1, -0.05) is 19.9 Å². The van der Waals surface area contributed by atoms with Gasteiger partial charge in [-0.3, -0.25) is 0 Å². The molecule has 0 saturated heterocycles. The Morgan fingerprint density at radius 2 is 2.33 bits per heavy atom. The molecule has 1 N–H and O–H groups in total. The molecule has 5 heteroatoms. The van der Waals surface area contributed by atoms with Crippen LogP contribution in [0.15, 0.2) is 22.7 Å². The van der Waals surface area contributed by atoms with Gasteiger partial charge in [0.25, 0.3) is 0 Å². The van der Waals surface area contributed by atoms with E-state index in [4.69, 9.17) is 5.11 Å². The number of aliphatic carboxylic acids is 1. The number of nitrogens with zero attached hydrogens (tertiary/aromatic N) is 1. The summed E-state index contributed by atoms with van der Waals surface area (Å²) in [6.07, 6.45) is 0.229. The zero-order chi connectivity index (χ0) is 11.5. The van der Waals surface area contributed by atoms with Crippen LogP contribution in [0.3, 0.4) is 0 Å². The average molecular weight is 227 g/mol. The summed E-state index contributed by atoms with van der Waals surface area (Å²) in [5.41, 5.74) is -1.61. The van der Waals surface area contributed by atoms with Crippen molar-refractivity contribution in [2.75, 3.05) is 0 Å². The number of thiophene rings is 1. The van der Waals surface area contributed by atoms with Gasteiger partial charge in [0, 0.05) is 4.88 Å². The summed E-state index contributed by atoms with van der Waals surface area (Å²) < 4.78 is 0. The Bertz CT molecular complexity index is 348. The summed E-state index contributed by atoms with van der Waals surface area (Å²) in [6.45, 7) is 3.74. The fourth-order valence-electron chi connectivity index (χ4n) is 1.52. The zero-order valence-electron chi connectivity index (χ0n) is 8.64. The highest BCUT2D eigenvalue weighted by molar-refractivity contribution is 7.10. The van der Waals surface area contributed by atoms with Crippen molar-refractivity contribution in [3.05, 3.63) is 27.3 Å². The van der Waals surface area contributed by atoms with Crippen LogP contribution in [0.2, 0.25) is 0 Å². The van der Waals surface area contributed by atoms with Crippen LogP contribution in [0, 0.1) is 10.8 Å². The number of hydrogen-bond donors (Lipinski definition) is 1. The summed E-state index contributed by atoms with van der Waals surface area (Å²) in [4.78, 5) is 22.6. The Balaban J connectivity index is 3.16. The summed E-state index contributed by atoms with van der Waals surface area (Å²) in [6, 6.07) is 3.37. The van der Waals surface area contributed by atoms with Gasteiger partial charge in [-0.2, -0.15) is 0 Å². The van der Waals surface area contributed by atoms with E-state index in [9.17, 15) is 9.70 Å². The van der Waals surface area contributed by atoms with E-state index in [0.717, 1.165) is 0 Å².